The number of pyridine rings is 3. The van der Waals surface area contributed by atoms with Crippen LogP contribution in [-0.2, 0) is 26.5 Å². The zero-order chi connectivity index (χ0) is 30.0. The predicted molar refractivity (Wildman–Crippen MR) is 174 cm³/mol. The molecule has 5 aromatic heterocycles. The average molecular weight is 770 g/mol. The molecule has 0 aliphatic rings. The Labute approximate surface area is 274 Å². The van der Waals surface area contributed by atoms with E-state index in [1.807, 2.05) is 71.4 Å². The maximum Gasteiger partial charge on any atom is 0.217 e. The number of rotatable bonds is 4. The molecule has 0 atom stereocenters. The Hall–Kier alpha value is -5.00. The minimum absolute atomic E-state index is 0. The van der Waals surface area contributed by atoms with Crippen molar-refractivity contribution in [3.63, 3.8) is 0 Å². The molecule has 0 saturated carbocycles. The van der Waals surface area contributed by atoms with E-state index >= 15 is 0 Å². The fourth-order valence-electron chi connectivity index (χ4n) is 5.94. The van der Waals surface area contributed by atoms with Crippen LogP contribution in [0.15, 0.2) is 109 Å². The molecule has 0 aliphatic carbocycles. The molecular formula is C37H28N5O2Pt-. The molecule has 7 nitrogen and oxygen atoms in total. The van der Waals surface area contributed by atoms with Gasteiger partial charge in [-0.15, -0.1) is 17.5 Å². The summed E-state index contributed by atoms with van der Waals surface area (Å²) in [7, 11) is 0. The summed E-state index contributed by atoms with van der Waals surface area (Å²) >= 11 is 0. The molecule has 0 bridgehead atoms. The van der Waals surface area contributed by atoms with Gasteiger partial charge in [-0.3, -0.25) is 4.57 Å². The van der Waals surface area contributed by atoms with Crippen LogP contribution in [0.5, 0.6) is 17.4 Å². The molecule has 0 saturated heterocycles. The molecule has 0 fully saturated rings. The van der Waals surface area contributed by atoms with Crippen molar-refractivity contribution in [3.8, 4) is 28.9 Å². The van der Waals surface area contributed by atoms with E-state index < -0.39 is 0 Å². The van der Waals surface area contributed by atoms with E-state index in [1.165, 1.54) is 5.56 Å². The van der Waals surface area contributed by atoms with Crippen molar-refractivity contribution >= 4 is 43.9 Å². The van der Waals surface area contributed by atoms with Crippen molar-refractivity contribution in [2.24, 2.45) is 0 Å². The number of aromatic hydroxyl groups is 1. The number of hydrogen-bond acceptors (Lipinski definition) is 5. The van der Waals surface area contributed by atoms with Crippen LogP contribution in [0, 0.1) is 6.07 Å². The van der Waals surface area contributed by atoms with Gasteiger partial charge < -0.3 is 14.4 Å². The number of benzene rings is 3. The van der Waals surface area contributed by atoms with Gasteiger partial charge in [0.25, 0.3) is 0 Å². The second kappa shape index (κ2) is 10.9. The summed E-state index contributed by atoms with van der Waals surface area (Å²) in [5.74, 6) is 1.85. The summed E-state index contributed by atoms with van der Waals surface area (Å²) in [6.45, 7) is 6.60. The molecule has 0 unspecified atom stereocenters. The normalized spacial score (nSPS) is 11.8. The van der Waals surface area contributed by atoms with Gasteiger partial charge in [-0.1, -0.05) is 62.7 Å². The number of nitrogens with zero attached hydrogens (tertiary/aromatic N) is 5. The van der Waals surface area contributed by atoms with Gasteiger partial charge in [-0.2, -0.15) is 6.07 Å². The van der Waals surface area contributed by atoms with Gasteiger partial charge in [0.1, 0.15) is 17.1 Å². The summed E-state index contributed by atoms with van der Waals surface area (Å²) < 4.78 is 10.5. The molecule has 0 aliphatic heterocycles. The van der Waals surface area contributed by atoms with E-state index in [1.54, 1.807) is 12.3 Å². The number of hydrogen-bond donors (Lipinski definition) is 1. The van der Waals surface area contributed by atoms with Gasteiger partial charge in [-0.25, -0.2) is 15.0 Å². The average Bonchev–Trinajstić information content (AvgIpc) is 3.54. The second-order valence-electron chi connectivity index (χ2n) is 11.9. The SMILES string of the molecule is CC(C)(C)c1ccnc(-n2c3[c-]c(Oc4ccc5c(n4)c4c(O)ccnc4n5-c4ccccc4)ccc3c3ccccc32)c1.[Pt]. The second-order valence-corrected chi connectivity index (χ2v) is 11.9. The molecule has 8 rings (SSSR count). The van der Waals surface area contributed by atoms with Crippen molar-refractivity contribution in [1.82, 2.24) is 24.1 Å². The van der Waals surface area contributed by atoms with Gasteiger partial charge in [0, 0.05) is 56.5 Å². The zero-order valence-electron chi connectivity index (χ0n) is 24.8. The van der Waals surface area contributed by atoms with Crippen LogP contribution in [0.2, 0.25) is 0 Å². The molecule has 1 N–H and O–H groups in total. The largest absolute Gasteiger partial charge is 0.507 e. The third-order valence-electron chi connectivity index (χ3n) is 8.07. The van der Waals surface area contributed by atoms with Crippen LogP contribution in [-0.4, -0.2) is 29.2 Å². The van der Waals surface area contributed by atoms with Crippen molar-refractivity contribution in [3.05, 3.63) is 121 Å². The minimum Gasteiger partial charge on any atom is -0.507 e. The molecule has 0 amide bonds. The first-order valence-corrected chi connectivity index (χ1v) is 14.5. The van der Waals surface area contributed by atoms with Gasteiger partial charge >= 0.3 is 0 Å². The summed E-state index contributed by atoms with van der Waals surface area (Å²) in [5, 5.41) is 13.6. The van der Waals surface area contributed by atoms with E-state index in [4.69, 9.17) is 14.7 Å². The standard InChI is InChI=1S/C37H28N5O2.Pt/c1-37(2,3)23-17-19-38-32(21-23)42-28-12-8-7-11-26(28)27-14-13-25(22-30(27)42)44-33-16-15-29-35(40-33)34-31(43)18-20-39-36(34)41(29)24-9-5-4-6-10-24;/h4-21H,1-3H3,(H,39,43);/q-1;. The van der Waals surface area contributed by atoms with E-state index in [0.717, 1.165) is 38.8 Å². The van der Waals surface area contributed by atoms with E-state index in [-0.39, 0.29) is 32.2 Å². The van der Waals surface area contributed by atoms with Crippen molar-refractivity contribution in [2.45, 2.75) is 26.2 Å². The van der Waals surface area contributed by atoms with Crippen LogP contribution in [0.3, 0.4) is 0 Å². The zero-order valence-corrected chi connectivity index (χ0v) is 27.1. The van der Waals surface area contributed by atoms with Gasteiger partial charge in [0.05, 0.1) is 10.9 Å². The Bertz CT molecular complexity index is 2370. The molecule has 8 aromatic rings. The Morgan fingerprint density at radius 3 is 2.36 bits per heavy atom. The molecule has 8 heteroatoms. The summed E-state index contributed by atoms with van der Waals surface area (Å²) in [4.78, 5) is 14.2. The topological polar surface area (TPSA) is 78.0 Å². The Morgan fingerprint density at radius 1 is 0.756 bits per heavy atom. The molecule has 45 heavy (non-hydrogen) atoms. The first kappa shape index (κ1) is 28.8. The number of ether oxygens (including phenoxy) is 1. The smallest absolute Gasteiger partial charge is 0.217 e. The van der Waals surface area contributed by atoms with Gasteiger partial charge in [0.15, 0.2) is 5.65 Å². The molecule has 224 valence electrons. The summed E-state index contributed by atoms with van der Waals surface area (Å²) in [6.07, 6.45) is 3.47. The maximum atomic E-state index is 10.9. The van der Waals surface area contributed by atoms with Crippen molar-refractivity contribution < 1.29 is 30.9 Å². The molecule has 0 radical (unpaired) electrons. The van der Waals surface area contributed by atoms with Crippen molar-refractivity contribution in [1.29, 1.82) is 0 Å². The van der Waals surface area contributed by atoms with Crippen LogP contribution >= 0.6 is 0 Å². The minimum atomic E-state index is -0.0215. The summed E-state index contributed by atoms with van der Waals surface area (Å²) in [6, 6.07) is 35.3. The van der Waals surface area contributed by atoms with Crippen LogP contribution < -0.4 is 4.74 Å². The third kappa shape index (κ3) is 4.75. The van der Waals surface area contributed by atoms with E-state index in [0.29, 0.717) is 28.2 Å². The number of aromatic nitrogens is 5. The third-order valence-corrected chi connectivity index (χ3v) is 8.07. The maximum absolute atomic E-state index is 10.9. The fourth-order valence-corrected chi connectivity index (χ4v) is 5.94. The fraction of sp³-hybridized carbons (Fsp3) is 0.108. The van der Waals surface area contributed by atoms with Crippen LogP contribution in [0.1, 0.15) is 26.3 Å². The number of fused-ring (bicyclic) bond motifs is 6. The first-order valence-electron chi connectivity index (χ1n) is 14.5. The Kier molecular flexibility index (Phi) is 6.94. The predicted octanol–water partition coefficient (Wildman–Crippen LogP) is 8.66. The molecular weight excluding hydrogens is 742 g/mol. The first-order chi connectivity index (χ1) is 21.4. The summed E-state index contributed by atoms with van der Waals surface area (Å²) in [5.41, 5.74) is 6.06. The molecule has 3 aromatic carbocycles. The molecule has 0 spiro atoms. The Morgan fingerprint density at radius 2 is 1.53 bits per heavy atom. The van der Waals surface area contributed by atoms with E-state index in [2.05, 4.69) is 66.7 Å². The Balaban J connectivity index is 0.00000325. The molecule has 5 heterocycles. The monoisotopic (exact) mass is 769 g/mol. The van der Waals surface area contributed by atoms with E-state index in [9.17, 15) is 5.11 Å². The van der Waals surface area contributed by atoms with Crippen LogP contribution in [0.4, 0.5) is 0 Å². The van der Waals surface area contributed by atoms with Gasteiger partial charge in [-0.05, 0) is 58.8 Å². The van der Waals surface area contributed by atoms with Crippen molar-refractivity contribution in [2.75, 3.05) is 0 Å². The van der Waals surface area contributed by atoms with Gasteiger partial charge in [0.2, 0.25) is 5.88 Å². The number of para-hydroxylation sites is 2. The quantitative estimate of drug-likeness (QED) is 0.182. The van der Waals surface area contributed by atoms with Crippen LogP contribution in [0.25, 0.3) is 55.4 Å².